The van der Waals surface area contributed by atoms with Gasteiger partial charge in [-0.2, -0.15) is 0 Å². The Bertz CT molecular complexity index is 867. The number of carbonyl (C=O) groups is 2. The Morgan fingerprint density at radius 1 is 1.00 bits per heavy atom. The van der Waals surface area contributed by atoms with Crippen molar-refractivity contribution in [1.29, 1.82) is 0 Å². The molecule has 0 spiro atoms. The lowest BCUT2D eigenvalue weighted by Gasteiger charge is -2.20. The fraction of sp³-hybridized carbons (Fsp3) is 0.0625. The summed E-state index contributed by atoms with van der Waals surface area (Å²) >= 11 is 0. The molecule has 0 saturated carbocycles. The number of rotatable bonds is 1. The fourth-order valence-electron chi connectivity index (χ4n) is 2.59. The quantitative estimate of drug-likeness (QED) is 0.276. The largest absolute Gasteiger partial charge is 0.507 e. The standard InChI is InChI=1S/C16H11NO5/c1-7(17-22)10-6-11(18)12-13(16(10)21)15(20)9-5-3-2-4-8(9)14(12)19/h2-6,18,21-22H,1H3/b17-7+. The van der Waals surface area contributed by atoms with Crippen LogP contribution in [0.4, 0.5) is 0 Å². The van der Waals surface area contributed by atoms with Gasteiger partial charge in [0.1, 0.15) is 11.5 Å². The molecule has 0 amide bonds. The van der Waals surface area contributed by atoms with Crippen molar-refractivity contribution >= 4 is 17.3 Å². The van der Waals surface area contributed by atoms with Gasteiger partial charge in [0.05, 0.1) is 16.8 Å². The first-order chi connectivity index (χ1) is 10.5. The Kier molecular flexibility index (Phi) is 2.95. The van der Waals surface area contributed by atoms with Crippen LogP contribution in [-0.4, -0.2) is 32.7 Å². The van der Waals surface area contributed by atoms with E-state index >= 15 is 0 Å². The number of hydrogen-bond donors (Lipinski definition) is 3. The summed E-state index contributed by atoms with van der Waals surface area (Å²) in [5.74, 6) is -2.04. The number of benzene rings is 2. The van der Waals surface area contributed by atoms with Crippen LogP contribution in [0, 0.1) is 0 Å². The molecule has 6 heteroatoms. The van der Waals surface area contributed by atoms with E-state index in [1.165, 1.54) is 19.1 Å². The van der Waals surface area contributed by atoms with Gasteiger partial charge in [0.2, 0.25) is 0 Å². The van der Waals surface area contributed by atoms with E-state index in [2.05, 4.69) is 5.16 Å². The zero-order valence-corrected chi connectivity index (χ0v) is 11.5. The lowest BCUT2D eigenvalue weighted by Crippen LogP contribution is -2.22. The third-order valence-corrected chi connectivity index (χ3v) is 3.69. The summed E-state index contributed by atoms with van der Waals surface area (Å²) in [7, 11) is 0. The second-order valence-corrected chi connectivity index (χ2v) is 4.93. The average Bonchev–Trinajstić information content (AvgIpc) is 2.53. The number of aromatic hydroxyl groups is 2. The zero-order chi connectivity index (χ0) is 16.0. The third-order valence-electron chi connectivity index (χ3n) is 3.69. The molecule has 22 heavy (non-hydrogen) atoms. The molecule has 2 aromatic carbocycles. The number of hydrogen-bond acceptors (Lipinski definition) is 6. The van der Waals surface area contributed by atoms with E-state index in [-0.39, 0.29) is 33.5 Å². The Balaban J connectivity index is 2.38. The van der Waals surface area contributed by atoms with Crippen LogP contribution in [0.15, 0.2) is 35.5 Å². The first-order valence-corrected chi connectivity index (χ1v) is 6.43. The molecule has 0 saturated heterocycles. The van der Waals surface area contributed by atoms with Crippen molar-refractivity contribution in [2.45, 2.75) is 6.92 Å². The zero-order valence-electron chi connectivity index (χ0n) is 11.5. The average molecular weight is 297 g/mol. The second kappa shape index (κ2) is 4.70. The Hall–Kier alpha value is -3.15. The molecular formula is C16H11NO5. The molecule has 3 N–H and O–H groups in total. The molecular weight excluding hydrogens is 286 g/mol. The van der Waals surface area contributed by atoms with Crippen molar-refractivity contribution in [1.82, 2.24) is 0 Å². The number of carbonyl (C=O) groups excluding carboxylic acids is 2. The fourth-order valence-corrected chi connectivity index (χ4v) is 2.59. The van der Waals surface area contributed by atoms with Gasteiger partial charge in [-0.15, -0.1) is 0 Å². The van der Waals surface area contributed by atoms with Gasteiger partial charge in [0, 0.05) is 16.7 Å². The van der Waals surface area contributed by atoms with E-state index in [0.717, 1.165) is 6.07 Å². The van der Waals surface area contributed by atoms with E-state index in [9.17, 15) is 19.8 Å². The van der Waals surface area contributed by atoms with Crippen LogP contribution in [0.1, 0.15) is 44.3 Å². The number of phenols is 2. The maximum atomic E-state index is 12.6. The molecule has 0 heterocycles. The summed E-state index contributed by atoms with van der Waals surface area (Å²) in [6.07, 6.45) is 0. The van der Waals surface area contributed by atoms with E-state index in [1.807, 2.05) is 0 Å². The van der Waals surface area contributed by atoms with Crippen molar-refractivity contribution in [3.05, 3.63) is 58.1 Å². The predicted molar refractivity (Wildman–Crippen MR) is 77.1 cm³/mol. The molecule has 3 rings (SSSR count). The number of phenolic OH excluding ortho intramolecular Hbond substituents is 2. The van der Waals surface area contributed by atoms with Crippen molar-refractivity contribution in [2.24, 2.45) is 5.16 Å². The van der Waals surface area contributed by atoms with E-state index in [0.29, 0.717) is 0 Å². The van der Waals surface area contributed by atoms with Crippen LogP contribution in [-0.2, 0) is 0 Å². The van der Waals surface area contributed by atoms with Gasteiger partial charge in [-0.1, -0.05) is 29.4 Å². The molecule has 1 aliphatic carbocycles. The molecule has 0 atom stereocenters. The highest BCUT2D eigenvalue weighted by Crippen LogP contribution is 2.40. The van der Waals surface area contributed by atoms with Gasteiger partial charge in [-0.25, -0.2) is 0 Å². The van der Waals surface area contributed by atoms with Gasteiger partial charge in [-0.3, -0.25) is 9.59 Å². The van der Waals surface area contributed by atoms with Gasteiger partial charge < -0.3 is 15.4 Å². The molecule has 2 aromatic rings. The van der Waals surface area contributed by atoms with Crippen LogP contribution in [0.5, 0.6) is 11.5 Å². The maximum absolute atomic E-state index is 12.6. The maximum Gasteiger partial charge on any atom is 0.198 e. The van der Waals surface area contributed by atoms with Crippen molar-refractivity contribution < 1.29 is 25.0 Å². The molecule has 0 bridgehead atoms. The first kappa shape index (κ1) is 13.8. The van der Waals surface area contributed by atoms with Crippen LogP contribution in [0.25, 0.3) is 0 Å². The van der Waals surface area contributed by atoms with Gasteiger partial charge in [0.25, 0.3) is 0 Å². The van der Waals surface area contributed by atoms with Gasteiger partial charge >= 0.3 is 0 Å². The molecule has 0 aliphatic heterocycles. The highest BCUT2D eigenvalue weighted by molar-refractivity contribution is 6.31. The minimum Gasteiger partial charge on any atom is -0.507 e. The summed E-state index contributed by atoms with van der Waals surface area (Å²) in [5.41, 5.74) is -0.188. The van der Waals surface area contributed by atoms with E-state index < -0.39 is 23.1 Å². The summed E-state index contributed by atoms with van der Waals surface area (Å²) in [6.45, 7) is 1.39. The number of ketones is 2. The highest BCUT2D eigenvalue weighted by Gasteiger charge is 2.35. The monoisotopic (exact) mass is 297 g/mol. The van der Waals surface area contributed by atoms with Gasteiger partial charge in [-0.05, 0) is 13.0 Å². The predicted octanol–water partition coefficient (Wildman–Crippen LogP) is 2.07. The minimum absolute atomic E-state index is 0.00899. The van der Waals surface area contributed by atoms with Gasteiger partial charge in [0.15, 0.2) is 11.6 Å². The van der Waals surface area contributed by atoms with Crippen LogP contribution in [0.3, 0.4) is 0 Å². The molecule has 110 valence electrons. The second-order valence-electron chi connectivity index (χ2n) is 4.93. The van der Waals surface area contributed by atoms with Crippen molar-refractivity contribution in [3.8, 4) is 11.5 Å². The smallest absolute Gasteiger partial charge is 0.198 e. The van der Waals surface area contributed by atoms with Crippen LogP contribution < -0.4 is 0 Å². The number of nitrogens with zero attached hydrogens (tertiary/aromatic N) is 1. The number of oxime groups is 1. The normalized spacial score (nSPS) is 13.8. The molecule has 0 fully saturated rings. The minimum atomic E-state index is -0.564. The first-order valence-electron chi connectivity index (χ1n) is 6.43. The summed E-state index contributed by atoms with van der Waals surface area (Å²) in [4.78, 5) is 25.0. The van der Waals surface area contributed by atoms with E-state index in [4.69, 9.17) is 5.21 Å². The van der Waals surface area contributed by atoms with Crippen LogP contribution >= 0.6 is 0 Å². The topological polar surface area (TPSA) is 107 Å². The molecule has 0 unspecified atom stereocenters. The summed E-state index contributed by atoms with van der Waals surface area (Å²) in [5, 5.41) is 32.2. The lowest BCUT2D eigenvalue weighted by atomic mass is 9.81. The lowest BCUT2D eigenvalue weighted by molar-refractivity contribution is 0.0974. The van der Waals surface area contributed by atoms with Crippen molar-refractivity contribution in [2.75, 3.05) is 0 Å². The Morgan fingerprint density at radius 3 is 2.09 bits per heavy atom. The Labute approximate surface area is 124 Å². The molecule has 6 nitrogen and oxygen atoms in total. The number of fused-ring (bicyclic) bond motifs is 2. The summed E-state index contributed by atoms with van der Waals surface area (Å²) < 4.78 is 0. The molecule has 0 aromatic heterocycles. The van der Waals surface area contributed by atoms with E-state index in [1.54, 1.807) is 12.1 Å². The summed E-state index contributed by atoms with van der Waals surface area (Å²) in [6, 6.07) is 7.29. The highest BCUT2D eigenvalue weighted by atomic mass is 16.4. The molecule has 1 aliphatic rings. The molecule has 0 radical (unpaired) electrons. The van der Waals surface area contributed by atoms with Crippen molar-refractivity contribution in [3.63, 3.8) is 0 Å². The SMILES string of the molecule is C/C(=N\O)c1cc(O)c2c(c1O)C(=O)c1ccccc1C2=O. The Morgan fingerprint density at radius 2 is 1.55 bits per heavy atom. The van der Waals surface area contributed by atoms with Crippen LogP contribution in [0.2, 0.25) is 0 Å². The third kappa shape index (κ3) is 1.70.